The Bertz CT molecular complexity index is 1080. The van der Waals surface area contributed by atoms with Crippen LogP contribution in [0.2, 0.25) is 0 Å². The van der Waals surface area contributed by atoms with Crippen molar-refractivity contribution in [2.45, 2.75) is 13.8 Å². The highest BCUT2D eigenvalue weighted by molar-refractivity contribution is 7.22. The van der Waals surface area contributed by atoms with E-state index in [0.29, 0.717) is 16.4 Å². The summed E-state index contributed by atoms with van der Waals surface area (Å²) in [6.45, 7) is 3.46. The fourth-order valence-corrected chi connectivity index (χ4v) is 3.59. The van der Waals surface area contributed by atoms with Crippen LogP contribution in [0.5, 0.6) is 0 Å². The van der Waals surface area contributed by atoms with Gasteiger partial charge in [0.2, 0.25) is 0 Å². The third-order valence-corrected chi connectivity index (χ3v) is 4.98. The molecule has 4 aromatic rings. The normalized spacial score (nSPS) is 11.0. The quantitative estimate of drug-likeness (QED) is 0.596. The van der Waals surface area contributed by atoms with Crippen LogP contribution >= 0.6 is 11.3 Å². The van der Waals surface area contributed by atoms with E-state index in [2.05, 4.69) is 20.6 Å². The monoisotopic (exact) mass is 367 g/mol. The lowest BCUT2D eigenvalue weighted by atomic mass is 10.2. The first-order chi connectivity index (χ1) is 12.5. The van der Waals surface area contributed by atoms with Crippen LogP contribution in [0, 0.1) is 19.7 Å². The van der Waals surface area contributed by atoms with E-state index in [1.807, 2.05) is 24.3 Å². The SMILES string of the molecule is Cc1cccc(F)c1-n1nnc(C(=O)Nc2nc3ccccc3s2)c1C. The Labute approximate surface area is 152 Å². The summed E-state index contributed by atoms with van der Waals surface area (Å²) < 4.78 is 16.5. The van der Waals surface area contributed by atoms with E-state index in [0.717, 1.165) is 10.2 Å². The summed E-state index contributed by atoms with van der Waals surface area (Å²) in [6.07, 6.45) is 0. The number of anilines is 1. The molecule has 1 amide bonds. The van der Waals surface area contributed by atoms with Crippen molar-refractivity contribution in [3.63, 3.8) is 0 Å². The Balaban J connectivity index is 1.66. The summed E-state index contributed by atoms with van der Waals surface area (Å²) in [4.78, 5) is 16.9. The van der Waals surface area contributed by atoms with Gasteiger partial charge in [-0.05, 0) is 37.6 Å². The molecule has 0 aliphatic rings. The van der Waals surface area contributed by atoms with Crippen molar-refractivity contribution < 1.29 is 9.18 Å². The van der Waals surface area contributed by atoms with Crippen LogP contribution in [0.1, 0.15) is 21.7 Å². The number of nitrogens with zero attached hydrogens (tertiary/aromatic N) is 4. The van der Waals surface area contributed by atoms with Crippen molar-refractivity contribution in [1.29, 1.82) is 0 Å². The number of rotatable bonds is 3. The van der Waals surface area contributed by atoms with E-state index in [1.54, 1.807) is 26.0 Å². The first-order valence-corrected chi connectivity index (χ1v) is 8.71. The van der Waals surface area contributed by atoms with E-state index >= 15 is 0 Å². The zero-order valence-electron chi connectivity index (χ0n) is 14.0. The number of hydrogen-bond donors (Lipinski definition) is 1. The third kappa shape index (κ3) is 2.74. The number of para-hydroxylation sites is 2. The molecule has 2 heterocycles. The van der Waals surface area contributed by atoms with Crippen molar-refractivity contribution >= 4 is 32.6 Å². The van der Waals surface area contributed by atoms with E-state index < -0.39 is 11.7 Å². The predicted octanol–water partition coefficient (Wildman–Crippen LogP) is 3.89. The summed E-state index contributed by atoms with van der Waals surface area (Å²) in [5, 5.41) is 11.1. The molecule has 0 aliphatic carbocycles. The molecule has 2 aromatic heterocycles. The molecule has 0 aliphatic heterocycles. The Hall–Kier alpha value is -3.13. The highest BCUT2D eigenvalue weighted by Crippen LogP contribution is 2.26. The van der Waals surface area contributed by atoms with Crippen molar-refractivity contribution in [2.75, 3.05) is 5.32 Å². The number of thiazole rings is 1. The van der Waals surface area contributed by atoms with Crippen molar-refractivity contribution in [2.24, 2.45) is 0 Å². The van der Waals surface area contributed by atoms with Gasteiger partial charge in [-0.1, -0.05) is 40.8 Å². The number of carbonyl (C=O) groups excluding carboxylic acids is 1. The van der Waals surface area contributed by atoms with Crippen molar-refractivity contribution in [1.82, 2.24) is 20.0 Å². The maximum atomic E-state index is 14.2. The minimum absolute atomic E-state index is 0.131. The van der Waals surface area contributed by atoms with Gasteiger partial charge in [0.1, 0.15) is 11.5 Å². The summed E-state index contributed by atoms with van der Waals surface area (Å²) in [7, 11) is 0. The molecule has 0 radical (unpaired) electrons. The van der Waals surface area contributed by atoms with Crippen LogP contribution in [-0.4, -0.2) is 25.9 Å². The van der Waals surface area contributed by atoms with Crippen LogP contribution in [-0.2, 0) is 0 Å². The maximum absolute atomic E-state index is 14.2. The van der Waals surface area contributed by atoms with Gasteiger partial charge < -0.3 is 0 Å². The molecule has 0 saturated heterocycles. The fourth-order valence-electron chi connectivity index (χ4n) is 2.72. The molecule has 0 bridgehead atoms. The molecule has 6 nitrogen and oxygen atoms in total. The molecular formula is C18H14FN5OS. The number of nitrogens with one attached hydrogen (secondary N) is 1. The summed E-state index contributed by atoms with van der Waals surface area (Å²) >= 11 is 1.38. The zero-order chi connectivity index (χ0) is 18.3. The lowest BCUT2D eigenvalue weighted by Crippen LogP contribution is -2.14. The van der Waals surface area contributed by atoms with E-state index in [-0.39, 0.29) is 11.4 Å². The number of benzene rings is 2. The summed E-state index contributed by atoms with van der Waals surface area (Å²) in [5.74, 6) is -0.849. The summed E-state index contributed by atoms with van der Waals surface area (Å²) in [5.41, 5.74) is 2.39. The Morgan fingerprint density at radius 1 is 1.15 bits per heavy atom. The number of hydrogen-bond acceptors (Lipinski definition) is 5. The summed E-state index contributed by atoms with van der Waals surface area (Å²) in [6, 6.07) is 12.4. The number of aromatic nitrogens is 4. The van der Waals surface area contributed by atoms with Gasteiger partial charge in [-0.15, -0.1) is 5.10 Å². The van der Waals surface area contributed by atoms with Gasteiger partial charge in [0.25, 0.3) is 5.91 Å². The number of fused-ring (bicyclic) bond motifs is 1. The van der Waals surface area contributed by atoms with Gasteiger partial charge in [-0.25, -0.2) is 14.1 Å². The second kappa shape index (κ2) is 6.30. The van der Waals surface area contributed by atoms with E-state index in [4.69, 9.17) is 0 Å². The van der Waals surface area contributed by atoms with Crippen LogP contribution in [0.25, 0.3) is 15.9 Å². The van der Waals surface area contributed by atoms with E-state index in [9.17, 15) is 9.18 Å². The predicted molar refractivity (Wildman–Crippen MR) is 98.4 cm³/mol. The van der Waals surface area contributed by atoms with Crippen molar-refractivity contribution in [3.05, 3.63) is 65.2 Å². The molecule has 8 heteroatoms. The molecular weight excluding hydrogens is 353 g/mol. The number of halogens is 1. The highest BCUT2D eigenvalue weighted by Gasteiger charge is 2.21. The highest BCUT2D eigenvalue weighted by atomic mass is 32.1. The molecule has 2 aromatic carbocycles. The smallest absolute Gasteiger partial charge is 0.279 e. The Morgan fingerprint density at radius 3 is 2.73 bits per heavy atom. The van der Waals surface area contributed by atoms with Crippen LogP contribution in [0.3, 0.4) is 0 Å². The van der Waals surface area contributed by atoms with Crippen LogP contribution in [0.4, 0.5) is 9.52 Å². The Morgan fingerprint density at radius 2 is 1.96 bits per heavy atom. The average Bonchev–Trinajstić information content (AvgIpc) is 3.18. The van der Waals surface area contributed by atoms with Gasteiger partial charge >= 0.3 is 0 Å². The topological polar surface area (TPSA) is 72.7 Å². The minimum atomic E-state index is -0.429. The fraction of sp³-hybridized carbons (Fsp3) is 0.111. The standard InChI is InChI=1S/C18H14FN5OS/c1-10-6-5-7-12(19)16(10)24-11(2)15(22-23-24)17(25)21-18-20-13-8-3-4-9-14(13)26-18/h3-9H,1-2H3,(H,20,21,25). The first-order valence-electron chi connectivity index (χ1n) is 7.89. The van der Waals surface area contributed by atoms with Crippen LogP contribution in [0.15, 0.2) is 42.5 Å². The van der Waals surface area contributed by atoms with Crippen molar-refractivity contribution in [3.8, 4) is 5.69 Å². The second-order valence-electron chi connectivity index (χ2n) is 5.78. The van der Waals surface area contributed by atoms with E-state index in [1.165, 1.54) is 22.1 Å². The number of amides is 1. The molecule has 26 heavy (non-hydrogen) atoms. The van der Waals surface area contributed by atoms with Gasteiger partial charge in [0.15, 0.2) is 10.8 Å². The Kier molecular flexibility index (Phi) is 3.96. The molecule has 130 valence electrons. The zero-order valence-corrected chi connectivity index (χ0v) is 14.8. The molecule has 4 rings (SSSR count). The first kappa shape index (κ1) is 16.3. The largest absolute Gasteiger partial charge is 0.296 e. The molecule has 0 atom stereocenters. The maximum Gasteiger partial charge on any atom is 0.279 e. The molecule has 0 unspecified atom stereocenters. The molecule has 1 N–H and O–H groups in total. The lowest BCUT2D eigenvalue weighted by Gasteiger charge is -2.08. The third-order valence-electron chi connectivity index (χ3n) is 4.02. The van der Waals surface area contributed by atoms with Gasteiger partial charge in [-0.3, -0.25) is 10.1 Å². The number of aryl methyl sites for hydroxylation is 1. The molecule has 0 saturated carbocycles. The minimum Gasteiger partial charge on any atom is -0.296 e. The lowest BCUT2D eigenvalue weighted by molar-refractivity contribution is 0.102. The number of carbonyl (C=O) groups is 1. The second-order valence-corrected chi connectivity index (χ2v) is 6.81. The van der Waals surface area contributed by atoms with Gasteiger partial charge in [0.05, 0.1) is 15.9 Å². The molecule has 0 spiro atoms. The van der Waals surface area contributed by atoms with Gasteiger partial charge in [0, 0.05) is 0 Å². The van der Waals surface area contributed by atoms with Crippen LogP contribution < -0.4 is 5.32 Å². The molecule has 0 fully saturated rings. The van der Waals surface area contributed by atoms with Gasteiger partial charge in [-0.2, -0.15) is 0 Å². The average molecular weight is 367 g/mol.